The maximum atomic E-state index is 12.9. The maximum Gasteiger partial charge on any atom is 0.325 e. The summed E-state index contributed by atoms with van der Waals surface area (Å²) in [6, 6.07) is 8.58. The van der Waals surface area contributed by atoms with Gasteiger partial charge in [0.2, 0.25) is 11.9 Å². The minimum atomic E-state index is -1.12. The fourth-order valence-electron chi connectivity index (χ4n) is 2.64. The van der Waals surface area contributed by atoms with Crippen LogP contribution in [0.1, 0.15) is 18.3 Å². The molecule has 1 fully saturated rings. The largest absolute Gasteiger partial charge is 0.368 e. The Hall–Kier alpha value is -3.23. The Labute approximate surface area is 144 Å². The second-order valence-corrected chi connectivity index (χ2v) is 6.12. The average molecular weight is 341 g/mol. The van der Waals surface area contributed by atoms with Crippen LogP contribution in [0, 0.1) is 0 Å². The number of nitrogens with one attached hydrogen (secondary N) is 1. The molecular formula is C16H19N7O2. The van der Waals surface area contributed by atoms with E-state index >= 15 is 0 Å². The Morgan fingerprint density at radius 1 is 1.16 bits per heavy atom. The molecule has 9 heteroatoms. The normalized spacial score (nSPS) is 19.9. The van der Waals surface area contributed by atoms with Gasteiger partial charge in [-0.3, -0.25) is 9.69 Å². The lowest BCUT2D eigenvalue weighted by molar-refractivity contribution is -0.131. The lowest BCUT2D eigenvalue weighted by Gasteiger charge is -2.22. The van der Waals surface area contributed by atoms with Gasteiger partial charge in [0.1, 0.15) is 5.54 Å². The van der Waals surface area contributed by atoms with Crippen molar-refractivity contribution in [2.45, 2.75) is 19.0 Å². The summed E-state index contributed by atoms with van der Waals surface area (Å²) in [5, 5.41) is 2.74. The van der Waals surface area contributed by atoms with Crippen molar-refractivity contribution >= 4 is 23.8 Å². The molecule has 0 bridgehead atoms. The molecule has 0 unspecified atom stereocenters. The standard InChI is InChI=1S/C16H19N7O2/c1-16(10-7-5-4-6-8-10)12(24)23(15(25)21-16)9-11-18-13(17)20-14(19-11)22(2)3/h4-8H,9H2,1-3H3,(H,21,25)(H2,17,18,19,20)/t16-/m1/s1. The van der Waals surface area contributed by atoms with E-state index in [1.54, 1.807) is 38.1 Å². The van der Waals surface area contributed by atoms with Crippen molar-refractivity contribution < 1.29 is 9.59 Å². The van der Waals surface area contributed by atoms with Crippen molar-refractivity contribution in [1.82, 2.24) is 25.2 Å². The van der Waals surface area contributed by atoms with Gasteiger partial charge in [-0.2, -0.15) is 15.0 Å². The van der Waals surface area contributed by atoms with Crippen LogP contribution in [-0.2, 0) is 16.9 Å². The topological polar surface area (TPSA) is 117 Å². The number of rotatable bonds is 4. The van der Waals surface area contributed by atoms with Crippen LogP contribution in [0.4, 0.5) is 16.7 Å². The molecule has 1 aliphatic rings. The fraction of sp³-hybridized carbons (Fsp3) is 0.312. The van der Waals surface area contributed by atoms with E-state index in [4.69, 9.17) is 5.73 Å². The monoisotopic (exact) mass is 341 g/mol. The summed E-state index contributed by atoms with van der Waals surface area (Å²) in [7, 11) is 3.53. The number of aromatic nitrogens is 3. The first-order valence-electron chi connectivity index (χ1n) is 7.68. The van der Waals surface area contributed by atoms with E-state index in [-0.39, 0.29) is 24.2 Å². The quantitative estimate of drug-likeness (QED) is 0.777. The molecule has 9 nitrogen and oxygen atoms in total. The van der Waals surface area contributed by atoms with Gasteiger partial charge < -0.3 is 16.0 Å². The Kier molecular flexibility index (Phi) is 3.99. The van der Waals surface area contributed by atoms with Crippen LogP contribution in [0.2, 0.25) is 0 Å². The molecular weight excluding hydrogens is 322 g/mol. The molecule has 1 aromatic heterocycles. The Balaban J connectivity index is 1.89. The first kappa shape index (κ1) is 16.6. The molecule has 1 aliphatic heterocycles. The van der Waals surface area contributed by atoms with Gasteiger partial charge >= 0.3 is 6.03 Å². The van der Waals surface area contributed by atoms with Crippen LogP contribution in [0.3, 0.4) is 0 Å². The van der Waals surface area contributed by atoms with Crippen molar-refractivity contribution in [3.05, 3.63) is 41.7 Å². The number of amides is 3. The van der Waals surface area contributed by atoms with Crippen molar-refractivity contribution in [2.75, 3.05) is 24.7 Å². The highest BCUT2D eigenvalue weighted by atomic mass is 16.2. The Bertz CT molecular complexity index is 824. The summed E-state index contributed by atoms with van der Waals surface area (Å²) in [5.41, 5.74) is 5.28. The Morgan fingerprint density at radius 3 is 2.48 bits per heavy atom. The smallest absolute Gasteiger partial charge is 0.325 e. The molecule has 1 aromatic carbocycles. The molecule has 1 saturated heterocycles. The van der Waals surface area contributed by atoms with Gasteiger partial charge in [-0.05, 0) is 12.5 Å². The molecule has 0 radical (unpaired) electrons. The van der Waals surface area contributed by atoms with Gasteiger partial charge in [-0.15, -0.1) is 0 Å². The van der Waals surface area contributed by atoms with E-state index in [0.717, 1.165) is 4.90 Å². The molecule has 2 heterocycles. The van der Waals surface area contributed by atoms with Crippen molar-refractivity contribution in [1.29, 1.82) is 0 Å². The second kappa shape index (κ2) is 6.00. The molecule has 2 aromatic rings. The predicted octanol–water partition coefficient (Wildman–Crippen LogP) is 0.487. The van der Waals surface area contributed by atoms with Gasteiger partial charge in [0.25, 0.3) is 5.91 Å². The van der Waals surface area contributed by atoms with Gasteiger partial charge in [-0.1, -0.05) is 30.3 Å². The highest BCUT2D eigenvalue weighted by Crippen LogP contribution is 2.29. The third kappa shape index (κ3) is 2.95. The van der Waals surface area contributed by atoms with Crippen LogP contribution in [0.15, 0.2) is 30.3 Å². The Morgan fingerprint density at radius 2 is 1.84 bits per heavy atom. The van der Waals surface area contributed by atoms with Crippen LogP contribution < -0.4 is 16.0 Å². The van der Waals surface area contributed by atoms with E-state index in [1.807, 2.05) is 18.2 Å². The third-order valence-corrected chi connectivity index (χ3v) is 4.01. The second-order valence-electron chi connectivity index (χ2n) is 6.12. The zero-order valence-corrected chi connectivity index (χ0v) is 14.2. The molecule has 0 aliphatic carbocycles. The number of benzene rings is 1. The number of urea groups is 1. The molecule has 3 amide bonds. The summed E-state index contributed by atoms with van der Waals surface area (Å²) in [4.78, 5) is 40.3. The zero-order chi connectivity index (χ0) is 18.2. The lowest BCUT2D eigenvalue weighted by atomic mass is 9.92. The summed E-state index contributed by atoms with van der Waals surface area (Å²) >= 11 is 0. The summed E-state index contributed by atoms with van der Waals surface area (Å²) in [5.74, 6) is 0.276. The third-order valence-electron chi connectivity index (χ3n) is 4.01. The molecule has 25 heavy (non-hydrogen) atoms. The van der Waals surface area contributed by atoms with E-state index < -0.39 is 11.6 Å². The minimum absolute atomic E-state index is 0.0339. The number of nitrogens with zero attached hydrogens (tertiary/aromatic N) is 5. The summed E-state index contributed by atoms with van der Waals surface area (Å²) < 4.78 is 0. The molecule has 1 atom stereocenters. The van der Waals surface area contributed by atoms with Crippen molar-refractivity contribution in [3.8, 4) is 0 Å². The first-order valence-corrected chi connectivity index (χ1v) is 7.68. The molecule has 3 N–H and O–H groups in total. The zero-order valence-electron chi connectivity index (χ0n) is 14.2. The number of hydrogen-bond acceptors (Lipinski definition) is 7. The van der Waals surface area contributed by atoms with Crippen LogP contribution in [0.25, 0.3) is 0 Å². The van der Waals surface area contributed by atoms with Crippen LogP contribution in [0.5, 0.6) is 0 Å². The van der Waals surface area contributed by atoms with Gasteiger partial charge in [0, 0.05) is 14.1 Å². The van der Waals surface area contributed by atoms with E-state index in [9.17, 15) is 9.59 Å². The van der Waals surface area contributed by atoms with E-state index in [2.05, 4.69) is 20.3 Å². The van der Waals surface area contributed by atoms with Gasteiger partial charge in [-0.25, -0.2) is 4.79 Å². The maximum absolute atomic E-state index is 12.9. The highest BCUT2D eigenvalue weighted by Gasteiger charge is 2.49. The first-order chi connectivity index (χ1) is 11.8. The number of nitrogen functional groups attached to an aromatic ring is 1. The lowest BCUT2D eigenvalue weighted by Crippen LogP contribution is -2.40. The van der Waals surface area contributed by atoms with E-state index in [1.165, 1.54) is 0 Å². The molecule has 0 saturated carbocycles. The van der Waals surface area contributed by atoms with Gasteiger partial charge in [0.05, 0.1) is 6.54 Å². The van der Waals surface area contributed by atoms with Crippen molar-refractivity contribution in [3.63, 3.8) is 0 Å². The molecule has 3 rings (SSSR count). The SMILES string of the molecule is CN(C)c1nc(N)nc(CN2C(=O)N[C@](C)(c3ccccc3)C2=O)n1. The fourth-order valence-corrected chi connectivity index (χ4v) is 2.64. The average Bonchev–Trinajstić information content (AvgIpc) is 2.79. The minimum Gasteiger partial charge on any atom is -0.368 e. The number of carbonyl (C=O) groups is 2. The van der Waals surface area contributed by atoms with Gasteiger partial charge in [0.15, 0.2) is 5.82 Å². The van der Waals surface area contributed by atoms with E-state index in [0.29, 0.717) is 11.5 Å². The number of hydrogen-bond donors (Lipinski definition) is 2. The summed E-state index contributed by atoms with van der Waals surface area (Å²) in [6.45, 7) is 1.59. The van der Waals surface area contributed by atoms with Crippen LogP contribution >= 0.6 is 0 Å². The number of nitrogens with two attached hydrogens (primary N) is 1. The highest BCUT2D eigenvalue weighted by molar-refractivity contribution is 6.07. The van der Waals surface area contributed by atoms with Crippen molar-refractivity contribution in [2.24, 2.45) is 0 Å². The number of carbonyl (C=O) groups excluding carboxylic acids is 2. The molecule has 0 spiro atoms. The molecule has 130 valence electrons. The number of anilines is 2. The van der Waals surface area contributed by atoms with Crippen LogP contribution in [-0.4, -0.2) is 45.9 Å². The summed E-state index contributed by atoms with van der Waals surface area (Å²) in [6.07, 6.45) is 0. The number of imide groups is 1. The predicted molar refractivity (Wildman–Crippen MR) is 91.4 cm³/mol.